The molecular weight excluding hydrogens is 573 g/mol. The molecule has 1 aliphatic heterocycles. The number of anilines is 1. The molecule has 4 amide bonds. The van der Waals surface area contributed by atoms with E-state index in [9.17, 15) is 32.3 Å². The molecule has 4 rings (SSSR count). The molecule has 0 unspecified atom stereocenters. The van der Waals surface area contributed by atoms with E-state index in [1.165, 1.54) is 4.90 Å². The molecule has 0 aromatic heterocycles. The second-order valence-corrected chi connectivity index (χ2v) is 10.4. The fourth-order valence-corrected chi connectivity index (χ4v) is 4.95. The van der Waals surface area contributed by atoms with Crippen LogP contribution in [0.15, 0.2) is 97.1 Å². The Bertz CT molecular complexity index is 1450. The first-order valence-corrected chi connectivity index (χ1v) is 14.2. The number of nitrogens with one attached hydrogen (secondary N) is 3. The van der Waals surface area contributed by atoms with Gasteiger partial charge in [-0.1, -0.05) is 91.0 Å². The van der Waals surface area contributed by atoms with Crippen molar-refractivity contribution < 1.29 is 32.3 Å². The lowest BCUT2D eigenvalue weighted by Gasteiger charge is -2.29. The maximum Gasteiger partial charge on any atom is 0.471 e. The van der Waals surface area contributed by atoms with Crippen LogP contribution in [0.25, 0.3) is 6.08 Å². The number of alkyl halides is 3. The van der Waals surface area contributed by atoms with Gasteiger partial charge in [-0.3, -0.25) is 19.2 Å². The Hall–Kier alpha value is -4.93. The molecule has 1 saturated heterocycles. The standard InChI is InChI=1S/C33H33F3N4O4/c34-33(35,36)32(44)39-27(22-24-14-6-2-7-15-24)29(41)38-26(19-10-16-23-12-4-1-5-13-23)31(43)40-21-11-20-28(40)30(42)37-25-17-8-3-9-18-25/h1-10,12-18,26-28H,11,19-22H2,(H,37,42)(H,38,41)(H,39,44)/b16-10-/t26-,27+,28+/m1/s1. The Morgan fingerprint density at radius 3 is 2.09 bits per heavy atom. The van der Waals surface area contributed by atoms with Crippen LogP contribution in [-0.4, -0.2) is 59.4 Å². The van der Waals surface area contributed by atoms with Gasteiger partial charge in [-0.15, -0.1) is 0 Å². The van der Waals surface area contributed by atoms with Gasteiger partial charge in [-0.05, 0) is 42.5 Å². The first-order valence-electron chi connectivity index (χ1n) is 14.2. The van der Waals surface area contributed by atoms with E-state index >= 15 is 0 Å². The van der Waals surface area contributed by atoms with Crippen LogP contribution in [0.4, 0.5) is 18.9 Å². The van der Waals surface area contributed by atoms with Gasteiger partial charge in [-0.25, -0.2) is 0 Å². The van der Waals surface area contributed by atoms with Crippen molar-refractivity contribution in [1.29, 1.82) is 0 Å². The van der Waals surface area contributed by atoms with Crippen molar-refractivity contribution in [3.05, 3.63) is 108 Å². The van der Waals surface area contributed by atoms with Gasteiger partial charge in [0.05, 0.1) is 0 Å². The summed E-state index contributed by atoms with van der Waals surface area (Å²) >= 11 is 0. The van der Waals surface area contributed by atoms with Crippen molar-refractivity contribution in [1.82, 2.24) is 15.5 Å². The molecule has 230 valence electrons. The number of rotatable bonds is 11. The van der Waals surface area contributed by atoms with Gasteiger partial charge >= 0.3 is 12.1 Å². The molecule has 3 N–H and O–H groups in total. The summed E-state index contributed by atoms with van der Waals surface area (Å²) in [7, 11) is 0. The van der Waals surface area contributed by atoms with Crippen molar-refractivity contribution in [3.8, 4) is 0 Å². The number of hydrogen-bond donors (Lipinski definition) is 3. The average molecular weight is 607 g/mol. The molecule has 0 bridgehead atoms. The zero-order valence-corrected chi connectivity index (χ0v) is 23.8. The molecule has 3 aromatic rings. The Kier molecular flexibility index (Phi) is 10.9. The molecule has 3 aromatic carbocycles. The van der Waals surface area contributed by atoms with Crippen LogP contribution in [0.1, 0.15) is 30.4 Å². The minimum Gasteiger partial charge on any atom is -0.342 e. The normalized spacial score (nSPS) is 16.2. The van der Waals surface area contributed by atoms with Crippen LogP contribution < -0.4 is 16.0 Å². The van der Waals surface area contributed by atoms with Crippen molar-refractivity contribution in [2.45, 2.75) is 50.0 Å². The molecule has 0 aliphatic carbocycles. The number of halogens is 3. The number of carbonyl (C=O) groups is 4. The van der Waals surface area contributed by atoms with Crippen molar-refractivity contribution in [3.63, 3.8) is 0 Å². The topological polar surface area (TPSA) is 108 Å². The van der Waals surface area contributed by atoms with E-state index < -0.39 is 42.0 Å². The smallest absolute Gasteiger partial charge is 0.342 e. The lowest BCUT2D eigenvalue weighted by atomic mass is 10.0. The highest BCUT2D eigenvalue weighted by molar-refractivity contribution is 5.99. The molecule has 1 aliphatic rings. The van der Waals surface area contributed by atoms with E-state index in [1.807, 2.05) is 30.3 Å². The number of carbonyl (C=O) groups excluding carboxylic acids is 4. The summed E-state index contributed by atoms with van der Waals surface area (Å²) in [5.41, 5.74) is 1.92. The fraction of sp³-hybridized carbons (Fsp3) is 0.273. The maximum atomic E-state index is 13.9. The molecule has 8 nitrogen and oxygen atoms in total. The Morgan fingerprint density at radius 2 is 1.45 bits per heavy atom. The summed E-state index contributed by atoms with van der Waals surface area (Å²) in [6.07, 6.45) is -1.07. The summed E-state index contributed by atoms with van der Waals surface area (Å²) in [6.45, 7) is 0.263. The Balaban J connectivity index is 1.56. The number of para-hydroxylation sites is 1. The summed E-state index contributed by atoms with van der Waals surface area (Å²) < 4.78 is 39.5. The molecule has 3 atom stereocenters. The fourth-order valence-electron chi connectivity index (χ4n) is 4.95. The van der Waals surface area contributed by atoms with Crippen molar-refractivity contribution >= 4 is 35.4 Å². The van der Waals surface area contributed by atoms with Gasteiger partial charge in [0.1, 0.15) is 18.1 Å². The van der Waals surface area contributed by atoms with Crippen LogP contribution in [0, 0.1) is 0 Å². The minimum atomic E-state index is -5.21. The van der Waals surface area contributed by atoms with Gasteiger partial charge in [-0.2, -0.15) is 13.2 Å². The molecule has 44 heavy (non-hydrogen) atoms. The third kappa shape index (κ3) is 9.03. The van der Waals surface area contributed by atoms with E-state index in [0.717, 1.165) is 5.56 Å². The molecular formula is C33H33F3N4O4. The number of amides is 4. The first-order chi connectivity index (χ1) is 21.1. The molecule has 11 heteroatoms. The quantitative estimate of drug-likeness (QED) is 0.299. The van der Waals surface area contributed by atoms with E-state index in [4.69, 9.17) is 0 Å². The Labute approximate surface area is 253 Å². The number of nitrogens with zero attached hydrogens (tertiary/aromatic N) is 1. The second kappa shape index (κ2) is 15.0. The van der Waals surface area contributed by atoms with E-state index in [2.05, 4.69) is 10.6 Å². The third-order valence-corrected chi connectivity index (χ3v) is 7.14. The zero-order chi connectivity index (χ0) is 31.5. The van der Waals surface area contributed by atoms with Gasteiger partial charge in [0.25, 0.3) is 0 Å². The second-order valence-electron chi connectivity index (χ2n) is 10.4. The van der Waals surface area contributed by atoms with Gasteiger partial charge in [0, 0.05) is 18.7 Å². The third-order valence-electron chi connectivity index (χ3n) is 7.14. The highest BCUT2D eigenvalue weighted by Gasteiger charge is 2.42. The van der Waals surface area contributed by atoms with E-state index in [-0.39, 0.29) is 25.3 Å². The van der Waals surface area contributed by atoms with Crippen LogP contribution in [0.3, 0.4) is 0 Å². The van der Waals surface area contributed by atoms with Gasteiger partial charge < -0.3 is 20.9 Å². The maximum absolute atomic E-state index is 13.9. The number of likely N-dealkylation sites (tertiary alicyclic amines) is 1. The summed E-state index contributed by atoms with van der Waals surface area (Å²) in [4.78, 5) is 53.7. The number of hydrogen-bond acceptors (Lipinski definition) is 4. The highest BCUT2D eigenvalue weighted by Crippen LogP contribution is 2.22. The zero-order valence-electron chi connectivity index (χ0n) is 23.8. The monoisotopic (exact) mass is 606 g/mol. The van der Waals surface area contributed by atoms with Crippen LogP contribution in [0.5, 0.6) is 0 Å². The highest BCUT2D eigenvalue weighted by atomic mass is 19.4. The summed E-state index contributed by atoms with van der Waals surface area (Å²) in [5, 5.41) is 7.15. The molecule has 1 heterocycles. The molecule has 0 radical (unpaired) electrons. The van der Waals surface area contributed by atoms with Gasteiger partial charge in [0.15, 0.2) is 0 Å². The van der Waals surface area contributed by atoms with Crippen LogP contribution in [-0.2, 0) is 25.6 Å². The SMILES string of the molecule is O=C(N[C@H](C/C=C\c1ccccc1)C(=O)N1CCC[C@H]1C(=O)Nc1ccccc1)[C@H](Cc1ccccc1)NC(=O)C(F)(F)F. The Morgan fingerprint density at radius 1 is 0.841 bits per heavy atom. The largest absolute Gasteiger partial charge is 0.471 e. The first kappa shape index (κ1) is 32.0. The van der Waals surface area contributed by atoms with Gasteiger partial charge in [0.2, 0.25) is 17.7 Å². The number of benzene rings is 3. The average Bonchev–Trinajstić information content (AvgIpc) is 3.51. The predicted octanol–water partition coefficient (Wildman–Crippen LogP) is 4.49. The van der Waals surface area contributed by atoms with Crippen molar-refractivity contribution in [2.24, 2.45) is 0 Å². The van der Waals surface area contributed by atoms with E-state index in [1.54, 1.807) is 78.1 Å². The predicted molar refractivity (Wildman–Crippen MR) is 160 cm³/mol. The van der Waals surface area contributed by atoms with Crippen molar-refractivity contribution in [2.75, 3.05) is 11.9 Å². The van der Waals surface area contributed by atoms with E-state index in [0.29, 0.717) is 24.1 Å². The molecule has 0 saturated carbocycles. The molecule has 0 spiro atoms. The van der Waals surface area contributed by atoms with Crippen LogP contribution >= 0.6 is 0 Å². The molecule has 1 fully saturated rings. The minimum absolute atomic E-state index is 0.00569. The lowest BCUT2D eigenvalue weighted by molar-refractivity contribution is -0.174. The van der Waals surface area contributed by atoms with Crippen LogP contribution in [0.2, 0.25) is 0 Å². The summed E-state index contributed by atoms with van der Waals surface area (Å²) in [5.74, 6) is -4.16. The lowest BCUT2D eigenvalue weighted by Crippen LogP contribution is -2.57. The summed E-state index contributed by atoms with van der Waals surface area (Å²) in [6, 6.07) is 22.6.